The Kier molecular flexibility index (Phi) is 9.99. The molecule has 1 N–H and O–H groups in total. The van der Waals surface area contributed by atoms with Gasteiger partial charge in [0.2, 0.25) is 6.41 Å². The lowest BCUT2D eigenvalue weighted by Gasteiger charge is -2.13. The number of halogens is 1. The van der Waals surface area contributed by atoms with E-state index in [1.54, 1.807) is 13.0 Å². The molecule has 1 rings (SSSR count). The highest BCUT2D eigenvalue weighted by Crippen LogP contribution is 2.09. The number of alkyl halides is 1. The number of rotatable bonds is 11. The first kappa shape index (κ1) is 19.4. The van der Waals surface area contributed by atoms with Gasteiger partial charge in [0, 0.05) is 5.33 Å². The third-order valence-electron chi connectivity index (χ3n) is 3.04. The van der Waals surface area contributed by atoms with Gasteiger partial charge in [-0.25, -0.2) is 4.79 Å². The summed E-state index contributed by atoms with van der Waals surface area (Å²) < 4.78 is 10.6. The number of ether oxygens (including phenoxy) is 2. The lowest BCUT2D eigenvalue weighted by Crippen LogP contribution is -2.36. The molecule has 0 saturated heterocycles. The molecule has 1 aromatic rings. The van der Waals surface area contributed by atoms with Crippen LogP contribution in [0.4, 0.5) is 0 Å². The minimum Gasteiger partial charge on any atom is -0.464 e. The number of esters is 1. The molecule has 0 heterocycles. The predicted molar refractivity (Wildman–Crippen MR) is 92.2 cm³/mol. The molecule has 0 bridgehead atoms. The van der Waals surface area contributed by atoms with Crippen molar-refractivity contribution in [1.82, 2.24) is 5.32 Å². The van der Waals surface area contributed by atoms with Crippen molar-refractivity contribution in [2.24, 2.45) is 0 Å². The van der Waals surface area contributed by atoms with Gasteiger partial charge in [-0.1, -0.05) is 57.9 Å². The van der Waals surface area contributed by atoms with Crippen LogP contribution in [0.15, 0.2) is 42.0 Å². The molecule has 1 aromatic carbocycles. The van der Waals surface area contributed by atoms with E-state index in [-0.39, 0.29) is 6.61 Å². The first-order valence-corrected chi connectivity index (χ1v) is 8.57. The van der Waals surface area contributed by atoms with E-state index in [0.717, 1.165) is 11.1 Å². The Bertz CT molecular complexity index is 505. The predicted octanol–water partition coefficient (Wildman–Crippen LogP) is 2.59. The molecule has 1 atom stereocenters. The van der Waals surface area contributed by atoms with Gasteiger partial charge in [-0.15, -0.1) is 0 Å². The van der Waals surface area contributed by atoms with Crippen LogP contribution in [0.1, 0.15) is 18.9 Å². The Morgan fingerprint density at radius 3 is 2.70 bits per heavy atom. The Hall–Kier alpha value is -1.66. The lowest BCUT2D eigenvalue weighted by molar-refractivity contribution is -0.145. The molecule has 0 aliphatic carbocycles. The molecule has 0 aliphatic heterocycles. The highest BCUT2D eigenvalue weighted by atomic mass is 79.9. The Morgan fingerprint density at radius 2 is 2.09 bits per heavy atom. The van der Waals surface area contributed by atoms with E-state index in [9.17, 15) is 9.59 Å². The number of carbonyl (C=O) groups is 2. The number of benzene rings is 1. The third kappa shape index (κ3) is 7.95. The van der Waals surface area contributed by atoms with Crippen LogP contribution in [0, 0.1) is 0 Å². The van der Waals surface area contributed by atoms with Gasteiger partial charge in [0.15, 0.2) is 0 Å². The number of nitrogens with one attached hydrogen (secondary N) is 1. The van der Waals surface area contributed by atoms with Crippen LogP contribution in [0.3, 0.4) is 0 Å². The maximum Gasteiger partial charge on any atom is 0.332 e. The zero-order valence-electron chi connectivity index (χ0n) is 13.2. The van der Waals surface area contributed by atoms with E-state index in [0.29, 0.717) is 31.4 Å². The fourth-order valence-corrected chi connectivity index (χ4v) is 2.35. The van der Waals surface area contributed by atoms with Crippen molar-refractivity contribution in [2.45, 2.75) is 26.0 Å². The molecule has 1 amide bonds. The van der Waals surface area contributed by atoms with E-state index in [1.165, 1.54) is 0 Å². The van der Waals surface area contributed by atoms with E-state index in [2.05, 4.69) is 21.2 Å². The summed E-state index contributed by atoms with van der Waals surface area (Å²) >= 11 is 3.39. The Morgan fingerprint density at radius 1 is 1.35 bits per heavy atom. The summed E-state index contributed by atoms with van der Waals surface area (Å²) in [5.41, 5.74) is 2.08. The third-order valence-corrected chi connectivity index (χ3v) is 3.76. The van der Waals surface area contributed by atoms with Crippen LogP contribution in [-0.2, 0) is 25.7 Å². The first-order chi connectivity index (χ1) is 11.2. The molecular formula is C17H22BrNO4. The van der Waals surface area contributed by atoms with Crippen LogP contribution < -0.4 is 5.32 Å². The summed E-state index contributed by atoms with van der Waals surface area (Å²) in [7, 11) is 0. The van der Waals surface area contributed by atoms with Gasteiger partial charge in [0.25, 0.3) is 0 Å². The minimum atomic E-state index is -0.769. The molecule has 0 saturated carbocycles. The summed E-state index contributed by atoms with van der Waals surface area (Å²) in [6.07, 6.45) is 2.86. The van der Waals surface area contributed by atoms with Crippen molar-refractivity contribution < 1.29 is 19.1 Å². The van der Waals surface area contributed by atoms with Crippen LogP contribution >= 0.6 is 15.9 Å². The minimum absolute atomic E-state index is 0.271. The second-order valence-corrected chi connectivity index (χ2v) is 5.32. The average molecular weight is 384 g/mol. The standard InChI is InChI=1S/C17H22BrNO4/c1-2-23-17(21)16(19-13-20)10-15(11-18)8-9-22-12-14-6-4-3-5-7-14/h3-7,10,13,16H,2,8-9,11-12H2,1H3,(H,19,20). The van der Waals surface area contributed by atoms with Gasteiger partial charge >= 0.3 is 5.97 Å². The van der Waals surface area contributed by atoms with E-state index in [1.807, 2.05) is 30.3 Å². The van der Waals surface area contributed by atoms with E-state index >= 15 is 0 Å². The maximum atomic E-state index is 11.8. The zero-order chi connectivity index (χ0) is 16.9. The van der Waals surface area contributed by atoms with Crippen molar-refractivity contribution in [3.05, 3.63) is 47.5 Å². The Balaban J connectivity index is 2.49. The highest BCUT2D eigenvalue weighted by Gasteiger charge is 2.16. The molecule has 23 heavy (non-hydrogen) atoms. The molecule has 0 aliphatic rings. The summed E-state index contributed by atoms with van der Waals surface area (Å²) in [4.78, 5) is 22.4. The quantitative estimate of drug-likeness (QED) is 0.209. The molecule has 126 valence electrons. The normalized spacial score (nSPS) is 12.5. The maximum absolute atomic E-state index is 11.8. The van der Waals surface area contributed by atoms with Crippen molar-refractivity contribution in [1.29, 1.82) is 0 Å². The second-order valence-electron chi connectivity index (χ2n) is 4.76. The topological polar surface area (TPSA) is 64.6 Å². The van der Waals surface area contributed by atoms with Crippen molar-refractivity contribution in [3.8, 4) is 0 Å². The van der Waals surface area contributed by atoms with Crippen LogP contribution in [0.5, 0.6) is 0 Å². The van der Waals surface area contributed by atoms with Crippen molar-refractivity contribution in [2.75, 3.05) is 18.5 Å². The number of amides is 1. The number of hydrogen-bond donors (Lipinski definition) is 1. The lowest BCUT2D eigenvalue weighted by atomic mass is 10.1. The van der Waals surface area contributed by atoms with Gasteiger partial charge in [-0.2, -0.15) is 0 Å². The number of hydrogen-bond acceptors (Lipinski definition) is 4. The molecular weight excluding hydrogens is 362 g/mol. The fourth-order valence-electron chi connectivity index (χ4n) is 1.89. The summed E-state index contributed by atoms with van der Waals surface area (Å²) in [6.45, 7) is 3.07. The van der Waals surface area contributed by atoms with Gasteiger partial charge in [0.05, 0.1) is 19.8 Å². The van der Waals surface area contributed by atoms with E-state index < -0.39 is 12.0 Å². The van der Waals surface area contributed by atoms with Gasteiger partial charge in [-0.3, -0.25) is 4.79 Å². The molecule has 0 fully saturated rings. The van der Waals surface area contributed by atoms with Gasteiger partial charge < -0.3 is 14.8 Å². The van der Waals surface area contributed by atoms with Crippen LogP contribution in [0.2, 0.25) is 0 Å². The SMILES string of the molecule is CCOC(=O)C(C=C(CBr)CCOCc1ccccc1)NC=O. The fraction of sp³-hybridized carbons (Fsp3) is 0.412. The van der Waals surface area contributed by atoms with Gasteiger partial charge in [0.1, 0.15) is 6.04 Å². The molecule has 0 spiro atoms. The van der Waals surface area contributed by atoms with Gasteiger partial charge in [-0.05, 0) is 18.9 Å². The summed E-state index contributed by atoms with van der Waals surface area (Å²) in [6, 6.07) is 9.15. The molecule has 0 radical (unpaired) electrons. The molecule has 0 aromatic heterocycles. The highest BCUT2D eigenvalue weighted by molar-refractivity contribution is 9.09. The van der Waals surface area contributed by atoms with E-state index in [4.69, 9.17) is 9.47 Å². The molecule has 1 unspecified atom stereocenters. The number of carbonyl (C=O) groups excluding carboxylic acids is 2. The zero-order valence-corrected chi connectivity index (χ0v) is 14.8. The first-order valence-electron chi connectivity index (χ1n) is 7.44. The monoisotopic (exact) mass is 383 g/mol. The van der Waals surface area contributed by atoms with Crippen LogP contribution in [-0.4, -0.2) is 37.0 Å². The van der Waals surface area contributed by atoms with Crippen molar-refractivity contribution >= 4 is 28.3 Å². The summed E-state index contributed by atoms with van der Waals surface area (Å²) in [5.74, 6) is -0.469. The second kappa shape index (κ2) is 11.8. The van der Waals surface area contributed by atoms with Crippen LogP contribution in [0.25, 0.3) is 0 Å². The smallest absolute Gasteiger partial charge is 0.332 e. The largest absolute Gasteiger partial charge is 0.464 e. The molecule has 6 heteroatoms. The average Bonchev–Trinajstić information content (AvgIpc) is 2.57. The molecule has 5 nitrogen and oxygen atoms in total. The Labute approximate surface area is 145 Å². The summed E-state index contributed by atoms with van der Waals surface area (Å²) in [5, 5.41) is 3.05. The van der Waals surface area contributed by atoms with Crippen molar-refractivity contribution in [3.63, 3.8) is 0 Å².